The van der Waals surface area contributed by atoms with Crippen molar-refractivity contribution in [2.24, 2.45) is 0 Å². The summed E-state index contributed by atoms with van der Waals surface area (Å²) in [4.78, 5) is 25.8. The molecule has 3 heterocycles. The molecule has 0 atom stereocenters. The van der Waals surface area contributed by atoms with E-state index in [2.05, 4.69) is 60.6 Å². The molecule has 0 aliphatic carbocycles. The van der Waals surface area contributed by atoms with Gasteiger partial charge in [0.2, 0.25) is 5.69 Å². The SMILES string of the molecule is CCOC(=O)c1noc2nc(C)nc(NCCCN3CCN(c4ccccc4)CC3)c12. The first-order valence-corrected chi connectivity index (χ1v) is 10.7. The minimum Gasteiger partial charge on any atom is -0.461 e. The number of aryl methyl sites for hydroxylation is 1. The molecular formula is C22H28N6O3. The third-order valence-corrected chi connectivity index (χ3v) is 5.35. The van der Waals surface area contributed by atoms with Gasteiger partial charge in [-0.25, -0.2) is 9.78 Å². The summed E-state index contributed by atoms with van der Waals surface area (Å²) in [5, 5.41) is 7.65. The lowest BCUT2D eigenvalue weighted by Gasteiger charge is -2.36. The van der Waals surface area contributed by atoms with Gasteiger partial charge in [0, 0.05) is 38.4 Å². The van der Waals surface area contributed by atoms with Crippen LogP contribution in [0.25, 0.3) is 11.1 Å². The van der Waals surface area contributed by atoms with E-state index in [0.29, 0.717) is 17.0 Å². The molecule has 1 aromatic carbocycles. The molecule has 0 unspecified atom stereocenters. The molecule has 1 N–H and O–H groups in total. The van der Waals surface area contributed by atoms with Crippen LogP contribution in [0.3, 0.4) is 0 Å². The number of anilines is 2. The van der Waals surface area contributed by atoms with E-state index >= 15 is 0 Å². The minimum absolute atomic E-state index is 0.108. The van der Waals surface area contributed by atoms with Gasteiger partial charge in [0.05, 0.1) is 6.61 Å². The highest BCUT2D eigenvalue weighted by Crippen LogP contribution is 2.25. The van der Waals surface area contributed by atoms with Crippen LogP contribution in [0.2, 0.25) is 0 Å². The van der Waals surface area contributed by atoms with Crippen LogP contribution in [0, 0.1) is 6.92 Å². The number of hydrogen-bond acceptors (Lipinski definition) is 9. The molecule has 1 fully saturated rings. The van der Waals surface area contributed by atoms with Crippen LogP contribution < -0.4 is 10.2 Å². The smallest absolute Gasteiger partial charge is 0.361 e. The normalized spacial score (nSPS) is 14.7. The topological polar surface area (TPSA) is 96.6 Å². The summed E-state index contributed by atoms with van der Waals surface area (Å²) in [5.41, 5.74) is 1.68. The number of carbonyl (C=O) groups is 1. The number of hydrogen-bond donors (Lipinski definition) is 1. The molecule has 4 rings (SSSR count). The first-order chi connectivity index (χ1) is 15.2. The largest absolute Gasteiger partial charge is 0.461 e. The molecule has 0 saturated carbocycles. The van der Waals surface area contributed by atoms with Crippen LogP contribution in [-0.2, 0) is 4.74 Å². The summed E-state index contributed by atoms with van der Waals surface area (Å²) in [7, 11) is 0. The number of nitrogens with one attached hydrogen (secondary N) is 1. The number of carbonyl (C=O) groups excluding carboxylic acids is 1. The van der Waals surface area contributed by atoms with Crippen molar-refractivity contribution in [2.75, 3.05) is 56.1 Å². The number of nitrogens with zero attached hydrogens (tertiary/aromatic N) is 5. The van der Waals surface area contributed by atoms with E-state index in [4.69, 9.17) is 9.26 Å². The molecule has 1 aliphatic rings. The van der Waals surface area contributed by atoms with Gasteiger partial charge in [0.25, 0.3) is 5.71 Å². The van der Waals surface area contributed by atoms with Crippen LogP contribution in [0.15, 0.2) is 34.9 Å². The molecule has 164 valence electrons. The summed E-state index contributed by atoms with van der Waals surface area (Å²) < 4.78 is 10.3. The molecule has 1 saturated heterocycles. The minimum atomic E-state index is -0.534. The van der Waals surface area contributed by atoms with Gasteiger partial charge in [0.1, 0.15) is 17.0 Å². The quantitative estimate of drug-likeness (QED) is 0.432. The Bertz CT molecular complexity index is 1010. The van der Waals surface area contributed by atoms with Crippen molar-refractivity contribution < 1.29 is 14.1 Å². The fraction of sp³-hybridized carbons (Fsp3) is 0.455. The van der Waals surface area contributed by atoms with Gasteiger partial charge in [0.15, 0.2) is 0 Å². The van der Waals surface area contributed by atoms with Crippen molar-refractivity contribution in [3.05, 3.63) is 41.9 Å². The maximum Gasteiger partial charge on any atom is 0.361 e. The lowest BCUT2D eigenvalue weighted by Crippen LogP contribution is -2.46. The van der Waals surface area contributed by atoms with Crippen LogP contribution in [0.4, 0.5) is 11.5 Å². The fourth-order valence-corrected chi connectivity index (χ4v) is 3.81. The Labute approximate surface area is 181 Å². The molecule has 31 heavy (non-hydrogen) atoms. The number of fused-ring (bicyclic) bond motifs is 1. The van der Waals surface area contributed by atoms with Crippen molar-refractivity contribution in [1.82, 2.24) is 20.0 Å². The summed E-state index contributed by atoms with van der Waals surface area (Å²) >= 11 is 0. The molecule has 0 spiro atoms. The van der Waals surface area contributed by atoms with E-state index in [1.165, 1.54) is 5.69 Å². The number of rotatable bonds is 8. The van der Waals surface area contributed by atoms with E-state index in [1.807, 2.05) is 0 Å². The molecule has 1 aliphatic heterocycles. The van der Waals surface area contributed by atoms with Crippen molar-refractivity contribution in [3.63, 3.8) is 0 Å². The van der Waals surface area contributed by atoms with Crippen LogP contribution in [-0.4, -0.2) is 71.9 Å². The van der Waals surface area contributed by atoms with Gasteiger partial charge >= 0.3 is 5.97 Å². The van der Waals surface area contributed by atoms with Gasteiger partial charge in [-0.2, -0.15) is 4.98 Å². The first kappa shape index (κ1) is 21.0. The van der Waals surface area contributed by atoms with E-state index in [0.717, 1.165) is 45.7 Å². The van der Waals surface area contributed by atoms with E-state index < -0.39 is 5.97 Å². The summed E-state index contributed by atoms with van der Waals surface area (Å²) in [6.07, 6.45) is 0.954. The number of aromatic nitrogens is 3. The lowest BCUT2D eigenvalue weighted by molar-refractivity contribution is 0.0517. The highest BCUT2D eigenvalue weighted by Gasteiger charge is 2.23. The predicted molar refractivity (Wildman–Crippen MR) is 118 cm³/mol. The Morgan fingerprint density at radius 2 is 1.94 bits per heavy atom. The van der Waals surface area contributed by atoms with Gasteiger partial charge in [-0.1, -0.05) is 23.4 Å². The van der Waals surface area contributed by atoms with Crippen molar-refractivity contribution >= 4 is 28.6 Å². The zero-order chi connectivity index (χ0) is 21.6. The molecule has 9 heteroatoms. The second-order valence-corrected chi connectivity index (χ2v) is 7.50. The van der Waals surface area contributed by atoms with Crippen molar-refractivity contribution in [1.29, 1.82) is 0 Å². The van der Waals surface area contributed by atoms with Crippen LogP contribution in [0.5, 0.6) is 0 Å². The summed E-state index contributed by atoms with van der Waals surface area (Å²) in [6, 6.07) is 10.6. The molecule has 0 radical (unpaired) electrons. The van der Waals surface area contributed by atoms with Gasteiger partial charge in [-0.3, -0.25) is 4.90 Å². The first-order valence-electron chi connectivity index (χ1n) is 10.7. The average Bonchev–Trinajstić information content (AvgIpc) is 3.22. The van der Waals surface area contributed by atoms with Crippen LogP contribution in [0.1, 0.15) is 29.7 Å². The zero-order valence-electron chi connectivity index (χ0n) is 18.0. The van der Waals surface area contributed by atoms with Gasteiger partial charge in [-0.05, 0) is 38.9 Å². The van der Waals surface area contributed by atoms with E-state index in [-0.39, 0.29) is 18.0 Å². The maximum atomic E-state index is 12.2. The third kappa shape index (κ3) is 4.93. The molecule has 0 amide bonds. The highest BCUT2D eigenvalue weighted by atomic mass is 16.5. The van der Waals surface area contributed by atoms with Crippen molar-refractivity contribution in [3.8, 4) is 0 Å². The van der Waals surface area contributed by atoms with Crippen molar-refractivity contribution in [2.45, 2.75) is 20.3 Å². The Morgan fingerprint density at radius 1 is 1.16 bits per heavy atom. The summed E-state index contributed by atoms with van der Waals surface area (Å²) in [5.74, 6) is 0.576. The Morgan fingerprint density at radius 3 is 2.68 bits per heavy atom. The Balaban J connectivity index is 1.31. The van der Waals surface area contributed by atoms with E-state index in [1.54, 1.807) is 13.8 Å². The predicted octanol–water partition coefficient (Wildman–Crippen LogP) is 2.73. The number of ether oxygens (including phenoxy) is 1. The standard InChI is InChI=1S/C22H28N6O3/c1-3-30-22(29)19-18-20(24-16(2)25-21(18)31-26-19)23-10-7-11-27-12-14-28(15-13-27)17-8-5-4-6-9-17/h4-6,8-9H,3,7,10-15H2,1-2H3,(H,23,24,25). The number of benzene rings is 1. The maximum absolute atomic E-state index is 12.2. The second kappa shape index (κ2) is 9.74. The Hall–Kier alpha value is -3.20. The molecule has 0 bridgehead atoms. The highest BCUT2D eigenvalue weighted by molar-refractivity contribution is 6.04. The number of esters is 1. The Kier molecular flexibility index (Phi) is 6.61. The second-order valence-electron chi connectivity index (χ2n) is 7.50. The van der Waals surface area contributed by atoms with Gasteiger partial charge in [-0.15, -0.1) is 0 Å². The average molecular weight is 425 g/mol. The number of para-hydroxylation sites is 1. The number of piperazine rings is 1. The van der Waals surface area contributed by atoms with Crippen LogP contribution >= 0.6 is 0 Å². The molecule has 2 aromatic heterocycles. The van der Waals surface area contributed by atoms with Gasteiger partial charge < -0.3 is 19.5 Å². The molecule has 9 nitrogen and oxygen atoms in total. The summed E-state index contributed by atoms with van der Waals surface area (Å²) in [6.45, 7) is 9.67. The molecular weight excluding hydrogens is 396 g/mol. The van der Waals surface area contributed by atoms with E-state index in [9.17, 15) is 4.79 Å². The fourth-order valence-electron chi connectivity index (χ4n) is 3.81. The third-order valence-electron chi connectivity index (χ3n) is 5.35. The zero-order valence-corrected chi connectivity index (χ0v) is 18.0. The molecule has 3 aromatic rings. The monoisotopic (exact) mass is 424 g/mol. The lowest BCUT2D eigenvalue weighted by atomic mass is 10.2.